The van der Waals surface area contributed by atoms with Crippen LogP contribution < -0.4 is 5.32 Å². The first kappa shape index (κ1) is 18.5. The van der Waals surface area contributed by atoms with Crippen molar-refractivity contribution in [3.63, 3.8) is 0 Å². The molecule has 0 bridgehead atoms. The summed E-state index contributed by atoms with van der Waals surface area (Å²) in [7, 11) is 0. The van der Waals surface area contributed by atoms with Crippen LogP contribution in [0.2, 0.25) is 0 Å². The maximum absolute atomic E-state index is 13.1. The fourth-order valence-corrected chi connectivity index (χ4v) is 4.91. The number of nitrogens with one attached hydrogen (secondary N) is 1. The van der Waals surface area contributed by atoms with Crippen molar-refractivity contribution in [3.05, 3.63) is 56.8 Å². The zero-order chi connectivity index (χ0) is 19.0. The summed E-state index contributed by atoms with van der Waals surface area (Å²) < 4.78 is 6.77. The molecule has 1 heterocycles. The first-order valence-electron chi connectivity index (χ1n) is 9.75. The molecule has 1 saturated carbocycles. The molecule has 0 unspecified atom stereocenters. The van der Waals surface area contributed by atoms with Crippen molar-refractivity contribution < 1.29 is 14.3 Å². The molecule has 0 saturated heterocycles. The average Bonchev–Trinajstić information content (AvgIpc) is 3.13. The van der Waals surface area contributed by atoms with E-state index in [9.17, 15) is 9.59 Å². The molecule has 5 heteroatoms. The third kappa shape index (κ3) is 3.62. The van der Waals surface area contributed by atoms with E-state index < -0.39 is 0 Å². The summed E-state index contributed by atoms with van der Waals surface area (Å²) >= 11 is 3.53. The molecule has 27 heavy (non-hydrogen) atoms. The SMILES string of the molecule is CC1=C(C(=O)OC2CCCC2)[C@@H](c2cccc(Br)c2)C2=C(CCCC2=O)N1. The zero-order valence-electron chi connectivity index (χ0n) is 15.5. The van der Waals surface area contributed by atoms with Gasteiger partial charge in [-0.15, -0.1) is 0 Å². The summed E-state index contributed by atoms with van der Waals surface area (Å²) in [4.78, 5) is 26.0. The van der Waals surface area contributed by atoms with Crippen molar-refractivity contribution in [2.75, 3.05) is 0 Å². The summed E-state index contributed by atoms with van der Waals surface area (Å²) in [6.07, 6.45) is 6.31. The van der Waals surface area contributed by atoms with Crippen molar-refractivity contribution >= 4 is 27.7 Å². The van der Waals surface area contributed by atoms with Crippen LogP contribution in [0.3, 0.4) is 0 Å². The van der Waals surface area contributed by atoms with E-state index >= 15 is 0 Å². The highest BCUT2D eigenvalue weighted by Gasteiger charge is 2.39. The van der Waals surface area contributed by atoms with Gasteiger partial charge in [0.1, 0.15) is 6.10 Å². The number of hydrogen-bond donors (Lipinski definition) is 1. The lowest BCUT2D eigenvalue weighted by molar-refractivity contribution is -0.144. The Morgan fingerprint density at radius 3 is 2.70 bits per heavy atom. The predicted octanol–water partition coefficient (Wildman–Crippen LogP) is 4.90. The fraction of sp³-hybridized carbons (Fsp3) is 0.455. The van der Waals surface area contributed by atoms with Gasteiger partial charge in [-0.05, 0) is 63.1 Å². The van der Waals surface area contributed by atoms with Crippen LogP contribution in [0.25, 0.3) is 0 Å². The summed E-state index contributed by atoms with van der Waals surface area (Å²) in [6.45, 7) is 1.92. The number of ketones is 1. The van der Waals surface area contributed by atoms with E-state index in [4.69, 9.17) is 4.74 Å². The molecule has 1 atom stereocenters. The smallest absolute Gasteiger partial charge is 0.337 e. The first-order valence-corrected chi connectivity index (χ1v) is 10.5. The molecule has 4 rings (SSSR count). The Bertz CT molecular complexity index is 849. The molecule has 1 aromatic carbocycles. The minimum absolute atomic E-state index is 0.00149. The predicted molar refractivity (Wildman–Crippen MR) is 107 cm³/mol. The van der Waals surface area contributed by atoms with Crippen LogP contribution in [0.15, 0.2) is 51.3 Å². The second kappa shape index (κ2) is 7.63. The highest BCUT2D eigenvalue weighted by Crippen LogP contribution is 2.43. The minimum Gasteiger partial charge on any atom is -0.459 e. The number of ether oxygens (including phenoxy) is 1. The number of rotatable bonds is 3. The van der Waals surface area contributed by atoms with E-state index in [1.54, 1.807) is 0 Å². The molecular weight excluding hydrogens is 406 g/mol. The van der Waals surface area contributed by atoms with Crippen LogP contribution in [0.5, 0.6) is 0 Å². The summed E-state index contributed by atoms with van der Waals surface area (Å²) in [5.41, 5.74) is 4.03. The van der Waals surface area contributed by atoms with Crippen molar-refractivity contribution in [2.24, 2.45) is 0 Å². The first-order chi connectivity index (χ1) is 13.0. The average molecular weight is 430 g/mol. The van der Waals surface area contributed by atoms with Gasteiger partial charge in [-0.1, -0.05) is 28.1 Å². The molecule has 4 nitrogen and oxygen atoms in total. The number of carbonyl (C=O) groups excluding carboxylic acids is 2. The van der Waals surface area contributed by atoms with Crippen molar-refractivity contribution in [2.45, 2.75) is 63.9 Å². The Balaban J connectivity index is 1.77. The Kier molecular flexibility index (Phi) is 5.22. The van der Waals surface area contributed by atoms with E-state index in [0.717, 1.165) is 65.5 Å². The Labute approximate surface area is 168 Å². The van der Waals surface area contributed by atoms with E-state index in [1.807, 2.05) is 31.2 Å². The number of Topliss-reactive ketones (excluding diaryl/α,β-unsaturated/α-hetero) is 1. The fourth-order valence-electron chi connectivity index (χ4n) is 4.49. The molecule has 1 aliphatic heterocycles. The van der Waals surface area contributed by atoms with E-state index in [0.29, 0.717) is 12.0 Å². The van der Waals surface area contributed by atoms with Gasteiger partial charge in [0.15, 0.2) is 5.78 Å². The normalized spacial score (nSPS) is 23.3. The second-order valence-corrected chi connectivity index (χ2v) is 8.55. The summed E-state index contributed by atoms with van der Waals surface area (Å²) in [5, 5.41) is 3.34. The van der Waals surface area contributed by atoms with Gasteiger partial charge in [0.25, 0.3) is 0 Å². The number of allylic oxidation sites excluding steroid dienone is 3. The van der Waals surface area contributed by atoms with Crippen molar-refractivity contribution in [3.8, 4) is 0 Å². The topological polar surface area (TPSA) is 55.4 Å². The number of hydrogen-bond acceptors (Lipinski definition) is 4. The van der Waals surface area contributed by atoms with Crippen LogP contribution >= 0.6 is 15.9 Å². The van der Waals surface area contributed by atoms with Gasteiger partial charge < -0.3 is 10.1 Å². The molecule has 1 N–H and O–H groups in total. The number of esters is 1. The third-order valence-electron chi connectivity index (χ3n) is 5.75. The monoisotopic (exact) mass is 429 g/mol. The Morgan fingerprint density at radius 2 is 1.96 bits per heavy atom. The molecule has 1 fully saturated rings. The maximum atomic E-state index is 13.1. The minimum atomic E-state index is -0.361. The van der Waals surface area contributed by atoms with Crippen molar-refractivity contribution in [1.82, 2.24) is 5.32 Å². The van der Waals surface area contributed by atoms with Gasteiger partial charge >= 0.3 is 5.97 Å². The van der Waals surface area contributed by atoms with Gasteiger partial charge in [0.2, 0.25) is 0 Å². The number of benzene rings is 1. The van der Waals surface area contributed by atoms with Crippen LogP contribution in [0.4, 0.5) is 0 Å². The third-order valence-corrected chi connectivity index (χ3v) is 6.25. The Hall–Kier alpha value is -1.88. The highest BCUT2D eigenvalue weighted by molar-refractivity contribution is 9.10. The number of halogens is 1. The van der Waals surface area contributed by atoms with Crippen LogP contribution in [-0.2, 0) is 14.3 Å². The van der Waals surface area contributed by atoms with E-state index in [2.05, 4.69) is 21.2 Å². The van der Waals surface area contributed by atoms with Gasteiger partial charge in [-0.3, -0.25) is 4.79 Å². The molecule has 3 aliphatic rings. The lowest BCUT2D eigenvalue weighted by Gasteiger charge is -2.34. The number of dihydropyridines is 1. The van der Waals surface area contributed by atoms with Gasteiger partial charge in [-0.2, -0.15) is 0 Å². The lowest BCUT2D eigenvalue weighted by Crippen LogP contribution is -2.35. The van der Waals surface area contributed by atoms with Crippen LogP contribution in [0.1, 0.15) is 63.4 Å². The van der Waals surface area contributed by atoms with Gasteiger partial charge in [0.05, 0.1) is 5.57 Å². The van der Waals surface area contributed by atoms with E-state index in [1.165, 1.54) is 0 Å². The van der Waals surface area contributed by atoms with Gasteiger partial charge in [-0.25, -0.2) is 4.79 Å². The largest absolute Gasteiger partial charge is 0.459 e. The zero-order valence-corrected chi connectivity index (χ0v) is 17.1. The summed E-state index contributed by atoms with van der Waals surface area (Å²) in [6, 6.07) is 7.89. The molecule has 0 amide bonds. The van der Waals surface area contributed by atoms with Crippen LogP contribution in [-0.4, -0.2) is 17.9 Å². The summed E-state index contributed by atoms with van der Waals surface area (Å²) in [5.74, 6) is -0.519. The highest BCUT2D eigenvalue weighted by atomic mass is 79.9. The quantitative estimate of drug-likeness (QED) is 0.693. The Morgan fingerprint density at radius 1 is 1.19 bits per heavy atom. The molecular formula is C22H24BrNO3. The lowest BCUT2D eigenvalue weighted by atomic mass is 9.75. The molecule has 0 radical (unpaired) electrons. The van der Waals surface area contributed by atoms with Crippen LogP contribution in [0, 0.1) is 0 Å². The number of carbonyl (C=O) groups is 2. The maximum Gasteiger partial charge on any atom is 0.337 e. The molecule has 1 aromatic rings. The molecule has 2 aliphatic carbocycles. The standard InChI is InChI=1S/C22H24BrNO3/c1-13-19(22(26)27-16-8-2-3-9-16)20(14-6-4-7-15(23)12-14)21-17(24-13)10-5-11-18(21)25/h4,6-7,12,16,20,24H,2-3,5,8-11H2,1H3/t20-/m1/s1. The second-order valence-electron chi connectivity index (χ2n) is 7.63. The van der Waals surface area contributed by atoms with E-state index in [-0.39, 0.29) is 23.8 Å². The molecule has 142 valence electrons. The van der Waals surface area contributed by atoms with Crippen molar-refractivity contribution in [1.29, 1.82) is 0 Å². The molecule has 0 spiro atoms. The molecule has 0 aromatic heterocycles. The van der Waals surface area contributed by atoms with Gasteiger partial charge in [0, 0.05) is 33.8 Å².